The van der Waals surface area contributed by atoms with Gasteiger partial charge in [-0.3, -0.25) is 9.89 Å². The number of hydrogen-bond acceptors (Lipinski definition) is 8. The van der Waals surface area contributed by atoms with Crippen LogP contribution in [0, 0.1) is 0 Å². The van der Waals surface area contributed by atoms with Crippen LogP contribution in [0.25, 0.3) is 11.4 Å². The minimum atomic E-state index is -0.368. The first-order chi connectivity index (χ1) is 15.6. The van der Waals surface area contributed by atoms with Gasteiger partial charge in [0.15, 0.2) is 5.82 Å². The third kappa shape index (κ3) is 4.97. The van der Waals surface area contributed by atoms with Gasteiger partial charge in [-0.05, 0) is 62.4 Å². The summed E-state index contributed by atoms with van der Waals surface area (Å²) in [5.74, 6) is 0.927. The van der Waals surface area contributed by atoms with E-state index in [1.54, 1.807) is 14.0 Å². The van der Waals surface area contributed by atoms with Crippen LogP contribution in [0.5, 0.6) is 5.75 Å². The zero-order valence-corrected chi connectivity index (χ0v) is 19.5. The predicted octanol–water partition coefficient (Wildman–Crippen LogP) is 4.33. The molecule has 168 valence electrons. The number of aryl methyl sites for hydroxylation is 1. The minimum Gasteiger partial charge on any atom is -0.497 e. The van der Waals surface area contributed by atoms with Crippen molar-refractivity contribution in [3.63, 3.8) is 0 Å². The molecule has 1 aliphatic rings. The smallest absolute Gasteiger partial charge is 0.341 e. The van der Waals surface area contributed by atoms with Crippen LogP contribution in [-0.2, 0) is 22.4 Å². The van der Waals surface area contributed by atoms with Crippen molar-refractivity contribution in [2.24, 2.45) is 0 Å². The molecule has 0 saturated carbocycles. The fourth-order valence-corrected chi connectivity index (χ4v) is 5.45. The summed E-state index contributed by atoms with van der Waals surface area (Å²) >= 11 is 2.71. The number of esters is 1. The molecule has 1 amide bonds. The number of aromatic nitrogens is 3. The molecule has 0 fully saturated rings. The average molecular weight is 473 g/mol. The lowest BCUT2D eigenvalue weighted by Crippen LogP contribution is -2.17. The van der Waals surface area contributed by atoms with Crippen molar-refractivity contribution >= 4 is 40.0 Å². The molecular weight excluding hydrogens is 448 g/mol. The molecule has 0 aliphatic heterocycles. The summed E-state index contributed by atoms with van der Waals surface area (Å²) in [7, 11) is 1.62. The van der Waals surface area contributed by atoms with E-state index in [-0.39, 0.29) is 17.6 Å². The Balaban J connectivity index is 1.41. The lowest BCUT2D eigenvalue weighted by atomic mass is 9.95. The highest BCUT2D eigenvalue weighted by Crippen LogP contribution is 2.38. The molecular formula is C22H24N4O4S2. The van der Waals surface area contributed by atoms with E-state index < -0.39 is 0 Å². The number of nitrogens with zero attached hydrogens (tertiary/aromatic N) is 2. The number of methoxy groups -OCH3 is 1. The number of fused-ring (bicyclic) bond motifs is 1. The fraction of sp³-hybridized carbons (Fsp3) is 0.364. The zero-order valence-electron chi connectivity index (χ0n) is 17.9. The van der Waals surface area contributed by atoms with Crippen LogP contribution in [-0.4, -0.2) is 46.5 Å². The van der Waals surface area contributed by atoms with Gasteiger partial charge >= 0.3 is 5.97 Å². The van der Waals surface area contributed by atoms with Crippen LogP contribution in [0.3, 0.4) is 0 Å². The molecule has 3 aromatic rings. The summed E-state index contributed by atoms with van der Waals surface area (Å²) < 4.78 is 10.4. The molecule has 2 heterocycles. The largest absolute Gasteiger partial charge is 0.497 e. The summed E-state index contributed by atoms with van der Waals surface area (Å²) in [6, 6.07) is 7.46. The molecule has 32 heavy (non-hydrogen) atoms. The van der Waals surface area contributed by atoms with Crippen molar-refractivity contribution in [1.82, 2.24) is 15.2 Å². The Bertz CT molecular complexity index is 1110. The highest BCUT2D eigenvalue weighted by atomic mass is 32.2. The van der Waals surface area contributed by atoms with Crippen LogP contribution >= 0.6 is 23.1 Å². The normalized spacial score (nSPS) is 12.8. The number of rotatable bonds is 8. The first-order valence-corrected chi connectivity index (χ1v) is 12.2. The van der Waals surface area contributed by atoms with Gasteiger partial charge in [-0.15, -0.1) is 16.4 Å². The number of thiophene rings is 1. The van der Waals surface area contributed by atoms with Gasteiger partial charge < -0.3 is 14.8 Å². The highest BCUT2D eigenvalue weighted by molar-refractivity contribution is 7.99. The van der Waals surface area contributed by atoms with Crippen LogP contribution in [0.2, 0.25) is 0 Å². The Morgan fingerprint density at radius 2 is 2.00 bits per heavy atom. The summed E-state index contributed by atoms with van der Waals surface area (Å²) in [4.78, 5) is 30.8. The Kier molecular flexibility index (Phi) is 7.11. The first kappa shape index (κ1) is 22.3. The van der Waals surface area contributed by atoms with E-state index in [2.05, 4.69) is 20.5 Å². The number of benzene rings is 1. The third-order valence-corrected chi connectivity index (χ3v) is 7.12. The van der Waals surface area contributed by atoms with E-state index in [1.165, 1.54) is 28.0 Å². The van der Waals surface area contributed by atoms with Crippen molar-refractivity contribution in [2.45, 2.75) is 37.8 Å². The Labute approximate surface area is 194 Å². The van der Waals surface area contributed by atoms with Gasteiger partial charge in [-0.1, -0.05) is 11.8 Å². The molecule has 2 aromatic heterocycles. The number of thioether (sulfide) groups is 1. The van der Waals surface area contributed by atoms with Crippen LogP contribution < -0.4 is 10.1 Å². The second kappa shape index (κ2) is 10.2. The number of ether oxygens (including phenoxy) is 2. The van der Waals surface area contributed by atoms with Crippen LogP contribution in [0.15, 0.2) is 29.4 Å². The number of carbonyl (C=O) groups is 2. The maximum absolute atomic E-state index is 12.6. The van der Waals surface area contributed by atoms with Gasteiger partial charge in [0, 0.05) is 10.4 Å². The third-order valence-electron chi connectivity index (χ3n) is 5.06. The van der Waals surface area contributed by atoms with Crippen molar-refractivity contribution in [3.8, 4) is 17.1 Å². The fourth-order valence-electron chi connectivity index (χ4n) is 3.55. The molecule has 1 aliphatic carbocycles. The number of carbonyl (C=O) groups excluding carboxylic acids is 2. The van der Waals surface area contributed by atoms with Crippen molar-refractivity contribution in [3.05, 3.63) is 40.3 Å². The van der Waals surface area contributed by atoms with Gasteiger partial charge in [-0.2, -0.15) is 0 Å². The monoisotopic (exact) mass is 472 g/mol. The maximum Gasteiger partial charge on any atom is 0.341 e. The molecule has 0 saturated heterocycles. The topological polar surface area (TPSA) is 106 Å². The lowest BCUT2D eigenvalue weighted by molar-refractivity contribution is -0.113. The maximum atomic E-state index is 12.6. The molecule has 2 N–H and O–H groups in total. The Morgan fingerprint density at radius 3 is 2.75 bits per heavy atom. The Morgan fingerprint density at radius 1 is 1.22 bits per heavy atom. The highest BCUT2D eigenvalue weighted by Gasteiger charge is 2.27. The van der Waals surface area contributed by atoms with Crippen molar-refractivity contribution < 1.29 is 19.1 Å². The van der Waals surface area contributed by atoms with Crippen LogP contribution in [0.1, 0.15) is 40.6 Å². The number of H-pyrrole nitrogens is 1. The SMILES string of the molecule is CCOC(=O)c1c(NC(=O)CSc2n[nH]c(-c3ccc(OC)cc3)n2)sc2c1CCCC2. The summed E-state index contributed by atoms with van der Waals surface area (Å²) in [5.41, 5.74) is 2.42. The molecule has 1 aromatic carbocycles. The summed E-state index contributed by atoms with van der Waals surface area (Å²) in [6.07, 6.45) is 3.92. The van der Waals surface area contributed by atoms with E-state index >= 15 is 0 Å². The number of nitrogens with one attached hydrogen (secondary N) is 2. The molecule has 4 rings (SSSR count). The second-order valence-electron chi connectivity index (χ2n) is 7.17. The van der Waals surface area contributed by atoms with Gasteiger partial charge in [0.2, 0.25) is 11.1 Å². The van der Waals surface area contributed by atoms with Gasteiger partial charge in [-0.25, -0.2) is 9.78 Å². The Hall–Kier alpha value is -2.85. The number of hydrogen-bond donors (Lipinski definition) is 2. The first-order valence-electron chi connectivity index (χ1n) is 10.4. The van der Waals surface area contributed by atoms with E-state index in [0.717, 1.165) is 42.6 Å². The molecule has 10 heteroatoms. The molecule has 0 bridgehead atoms. The molecule has 8 nitrogen and oxygen atoms in total. The predicted molar refractivity (Wildman–Crippen MR) is 125 cm³/mol. The summed E-state index contributed by atoms with van der Waals surface area (Å²) in [5, 5.41) is 11.0. The van der Waals surface area contributed by atoms with Gasteiger partial charge in [0.05, 0.1) is 25.0 Å². The number of aromatic amines is 1. The molecule has 0 spiro atoms. The molecule has 0 radical (unpaired) electrons. The van der Waals surface area contributed by atoms with E-state index in [9.17, 15) is 9.59 Å². The van der Waals surface area contributed by atoms with Crippen LogP contribution in [0.4, 0.5) is 5.00 Å². The molecule has 0 atom stereocenters. The average Bonchev–Trinajstić information content (AvgIpc) is 3.42. The van der Waals surface area contributed by atoms with E-state index in [0.29, 0.717) is 28.2 Å². The van der Waals surface area contributed by atoms with Gasteiger partial charge in [0.1, 0.15) is 10.8 Å². The van der Waals surface area contributed by atoms with E-state index in [4.69, 9.17) is 9.47 Å². The lowest BCUT2D eigenvalue weighted by Gasteiger charge is -2.12. The van der Waals surface area contributed by atoms with Crippen molar-refractivity contribution in [1.29, 1.82) is 0 Å². The minimum absolute atomic E-state index is 0.130. The van der Waals surface area contributed by atoms with Crippen molar-refractivity contribution in [2.75, 3.05) is 24.8 Å². The molecule has 0 unspecified atom stereocenters. The van der Waals surface area contributed by atoms with Gasteiger partial charge in [0.25, 0.3) is 0 Å². The number of amides is 1. The summed E-state index contributed by atoms with van der Waals surface area (Å²) in [6.45, 7) is 2.08. The second-order valence-corrected chi connectivity index (χ2v) is 9.22. The van der Waals surface area contributed by atoms with E-state index in [1.807, 2.05) is 24.3 Å². The standard InChI is InChI=1S/C22H24N4O4S2/c1-3-30-21(28)18-15-6-4-5-7-16(15)32-20(18)23-17(27)12-31-22-24-19(25-26-22)13-8-10-14(29-2)11-9-13/h8-11H,3-7,12H2,1-2H3,(H,23,27)(H,24,25,26). The zero-order chi connectivity index (χ0) is 22.5. The quantitative estimate of drug-likeness (QED) is 0.371. The number of anilines is 1.